The van der Waals surface area contributed by atoms with Crippen molar-refractivity contribution in [2.45, 2.75) is 20.3 Å². The van der Waals surface area contributed by atoms with Crippen molar-refractivity contribution >= 4 is 17.3 Å². The molecule has 118 valence electrons. The van der Waals surface area contributed by atoms with E-state index in [1.54, 1.807) is 12.1 Å². The lowest BCUT2D eigenvalue weighted by Gasteiger charge is -2.05. The van der Waals surface area contributed by atoms with Crippen molar-refractivity contribution in [1.29, 1.82) is 0 Å². The summed E-state index contributed by atoms with van der Waals surface area (Å²) in [4.78, 5) is 12.2. The number of hydrogen-bond acceptors (Lipinski definition) is 4. The Bertz CT molecular complexity index is 716. The minimum Gasteiger partial charge on any atom is -0.510 e. The molecule has 0 aliphatic heterocycles. The highest BCUT2D eigenvalue weighted by molar-refractivity contribution is 6.03. The Labute approximate surface area is 135 Å². The van der Waals surface area contributed by atoms with Crippen LogP contribution in [0.4, 0.5) is 11.4 Å². The van der Waals surface area contributed by atoms with E-state index < -0.39 is 5.91 Å². The molecule has 0 saturated carbocycles. The summed E-state index contributed by atoms with van der Waals surface area (Å²) in [6.45, 7) is 3.47. The SMILES string of the molecule is CCc1ccc(N=N/C(C(=O)Nc2ccccc2)=C(/C)O)cc1. The predicted molar refractivity (Wildman–Crippen MR) is 90.7 cm³/mol. The van der Waals surface area contributed by atoms with Gasteiger partial charge in [0.25, 0.3) is 5.91 Å². The standard InChI is InChI=1S/C18H19N3O2/c1-3-14-9-11-16(12-10-14)20-21-17(13(2)22)18(23)19-15-7-5-4-6-8-15/h4-12,22H,3H2,1-2H3,(H,19,23)/b17-13-,21-20?. The van der Waals surface area contributed by atoms with Gasteiger partial charge in [-0.05, 0) is 43.2 Å². The van der Waals surface area contributed by atoms with Crippen molar-refractivity contribution in [3.05, 3.63) is 71.6 Å². The minimum absolute atomic E-state index is 0.117. The van der Waals surface area contributed by atoms with Gasteiger partial charge in [0, 0.05) is 5.69 Å². The number of azo groups is 1. The second-order valence-corrected chi connectivity index (χ2v) is 4.97. The molecule has 0 saturated heterocycles. The van der Waals surface area contributed by atoms with E-state index in [1.807, 2.05) is 42.5 Å². The van der Waals surface area contributed by atoms with Crippen LogP contribution in [0.15, 0.2) is 76.3 Å². The normalized spacial score (nSPS) is 12.1. The van der Waals surface area contributed by atoms with Crippen LogP contribution < -0.4 is 5.32 Å². The van der Waals surface area contributed by atoms with Crippen LogP contribution in [0.5, 0.6) is 0 Å². The van der Waals surface area contributed by atoms with Crippen molar-refractivity contribution in [2.24, 2.45) is 10.2 Å². The lowest BCUT2D eigenvalue weighted by Crippen LogP contribution is -2.14. The van der Waals surface area contributed by atoms with Crippen LogP contribution in [0.2, 0.25) is 0 Å². The Morgan fingerprint density at radius 2 is 1.74 bits per heavy atom. The van der Waals surface area contributed by atoms with Crippen molar-refractivity contribution in [2.75, 3.05) is 5.32 Å². The average molecular weight is 309 g/mol. The molecular weight excluding hydrogens is 290 g/mol. The molecule has 0 aromatic heterocycles. The minimum atomic E-state index is -0.509. The van der Waals surface area contributed by atoms with Crippen molar-refractivity contribution in [3.8, 4) is 0 Å². The van der Waals surface area contributed by atoms with Gasteiger partial charge in [0.2, 0.25) is 0 Å². The number of carbonyl (C=O) groups excluding carboxylic acids is 1. The first kappa shape index (κ1) is 16.4. The highest BCUT2D eigenvalue weighted by atomic mass is 16.3. The topological polar surface area (TPSA) is 74.0 Å². The molecule has 5 nitrogen and oxygen atoms in total. The molecule has 0 atom stereocenters. The van der Waals surface area contributed by atoms with Gasteiger partial charge in [-0.1, -0.05) is 37.3 Å². The summed E-state index contributed by atoms with van der Waals surface area (Å²) in [5, 5.41) is 20.3. The Morgan fingerprint density at radius 1 is 1.09 bits per heavy atom. The molecule has 2 aromatic carbocycles. The summed E-state index contributed by atoms with van der Waals surface area (Å²) in [6.07, 6.45) is 0.942. The fourth-order valence-corrected chi connectivity index (χ4v) is 1.90. The molecule has 2 N–H and O–H groups in total. The van der Waals surface area contributed by atoms with E-state index in [4.69, 9.17) is 0 Å². The molecule has 0 unspecified atom stereocenters. The summed E-state index contributed by atoms with van der Waals surface area (Å²) in [6, 6.07) is 16.5. The molecule has 23 heavy (non-hydrogen) atoms. The number of nitrogens with one attached hydrogen (secondary N) is 1. The summed E-state index contributed by atoms with van der Waals surface area (Å²) in [7, 11) is 0. The number of benzene rings is 2. The van der Waals surface area contributed by atoms with Crippen molar-refractivity contribution in [3.63, 3.8) is 0 Å². The molecular formula is C18H19N3O2. The zero-order valence-electron chi connectivity index (χ0n) is 13.2. The summed E-state index contributed by atoms with van der Waals surface area (Å²) < 4.78 is 0. The zero-order valence-corrected chi connectivity index (χ0v) is 13.2. The first-order chi connectivity index (χ1) is 11.1. The summed E-state index contributed by atoms with van der Waals surface area (Å²) in [5.74, 6) is -0.697. The molecule has 1 amide bonds. The van der Waals surface area contributed by atoms with E-state index in [1.165, 1.54) is 12.5 Å². The van der Waals surface area contributed by atoms with Crippen LogP contribution in [0.1, 0.15) is 19.4 Å². The van der Waals surface area contributed by atoms with E-state index in [9.17, 15) is 9.90 Å². The highest BCUT2D eigenvalue weighted by Gasteiger charge is 2.13. The van der Waals surface area contributed by atoms with E-state index in [0.717, 1.165) is 6.42 Å². The maximum Gasteiger partial charge on any atom is 0.279 e. The number of nitrogens with zero attached hydrogens (tertiary/aromatic N) is 2. The lowest BCUT2D eigenvalue weighted by atomic mass is 10.2. The highest BCUT2D eigenvalue weighted by Crippen LogP contribution is 2.17. The van der Waals surface area contributed by atoms with E-state index in [0.29, 0.717) is 11.4 Å². The van der Waals surface area contributed by atoms with Crippen LogP contribution >= 0.6 is 0 Å². The van der Waals surface area contributed by atoms with Gasteiger partial charge in [-0.3, -0.25) is 4.79 Å². The number of aliphatic hydroxyl groups is 1. The van der Waals surface area contributed by atoms with E-state index in [2.05, 4.69) is 22.5 Å². The summed E-state index contributed by atoms with van der Waals surface area (Å²) in [5.41, 5.74) is 2.32. The van der Waals surface area contributed by atoms with Crippen LogP contribution in [-0.2, 0) is 11.2 Å². The fourth-order valence-electron chi connectivity index (χ4n) is 1.90. The maximum atomic E-state index is 12.2. The fraction of sp³-hybridized carbons (Fsp3) is 0.167. The second-order valence-electron chi connectivity index (χ2n) is 4.97. The molecule has 0 radical (unpaired) electrons. The maximum absolute atomic E-state index is 12.2. The largest absolute Gasteiger partial charge is 0.510 e. The number of rotatable bonds is 5. The monoisotopic (exact) mass is 309 g/mol. The molecule has 0 fully saturated rings. The number of para-hydroxylation sites is 1. The number of amides is 1. The van der Waals surface area contributed by atoms with Crippen LogP contribution in [0.3, 0.4) is 0 Å². The Kier molecular flexibility index (Phi) is 5.63. The Balaban J connectivity index is 2.13. The van der Waals surface area contributed by atoms with Gasteiger partial charge in [0.1, 0.15) is 5.76 Å². The Morgan fingerprint density at radius 3 is 2.30 bits per heavy atom. The number of carbonyl (C=O) groups is 1. The molecule has 2 rings (SSSR count). The number of hydrogen-bond donors (Lipinski definition) is 2. The van der Waals surface area contributed by atoms with Crippen molar-refractivity contribution in [1.82, 2.24) is 0 Å². The molecule has 5 heteroatoms. The first-order valence-corrected chi connectivity index (χ1v) is 7.37. The predicted octanol–water partition coefficient (Wildman–Crippen LogP) is 4.76. The molecule has 0 aliphatic rings. The van der Waals surface area contributed by atoms with Gasteiger partial charge < -0.3 is 10.4 Å². The van der Waals surface area contributed by atoms with Gasteiger partial charge in [-0.2, -0.15) is 5.11 Å². The number of allylic oxidation sites excluding steroid dienone is 1. The third-order valence-electron chi connectivity index (χ3n) is 3.20. The number of anilines is 1. The lowest BCUT2D eigenvalue weighted by molar-refractivity contribution is -0.113. The number of aliphatic hydroxyl groups excluding tert-OH is 1. The van der Waals surface area contributed by atoms with Crippen LogP contribution in [0.25, 0.3) is 0 Å². The van der Waals surface area contributed by atoms with E-state index >= 15 is 0 Å². The zero-order chi connectivity index (χ0) is 16.7. The van der Waals surface area contributed by atoms with Gasteiger partial charge >= 0.3 is 0 Å². The second kappa shape index (κ2) is 7.89. The summed E-state index contributed by atoms with van der Waals surface area (Å²) >= 11 is 0. The molecule has 0 heterocycles. The average Bonchev–Trinajstić information content (AvgIpc) is 2.56. The third kappa shape index (κ3) is 4.78. The van der Waals surface area contributed by atoms with Crippen molar-refractivity contribution < 1.29 is 9.90 Å². The quantitative estimate of drug-likeness (QED) is 0.474. The van der Waals surface area contributed by atoms with Crippen LogP contribution in [-0.4, -0.2) is 11.0 Å². The molecule has 0 spiro atoms. The first-order valence-electron chi connectivity index (χ1n) is 7.37. The van der Waals surface area contributed by atoms with Gasteiger partial charge in [0.15, 0.2) is 5.70 Å². The molecule has 0 bridgehead atoms. The molecule has 2 aromatic rings. The smallest absolute Gasteiger partial charge is 0.279 e. The van der Waals surface area contributed by atoms with Gasteiger partial charge in [-0.25, -0.2) is 0 Å². The Hall–Kier alpha value is -2.95. The third-order valence-corrected chi connectivity index (χ3v) is 3.20. The van der Waals surface area contributed by atoms with Gasteiger partial charge in [-0.15, -0.1) is 5.11 Å². The van der Waals surface area contributed by atoms with Crippen LogP contribution in [0, 0.1) is 0 Å². The van der Waals surface area contributed by atoms with E-state index in [-0.39, 0.29) is 11.5 Å². The number of aryl methyl sites for hydroxylation is 1. The van der Waals surface area contributed by atoms with Gasteiger partial charge in [0.05, 0.1) is 5.69 Å². The molecule has 0 aliphatic carbocycles.